The van der Waals surface area contributed by atoms with Gasteiger partial charge in [0.1, 0.15) is 0 Å². The third-order valence-electron chi connectivity index (χ3n) is 1.82. The van der Waals surface area contributed by atoms with Crippen LogP contribution in [0.4, 0.5) is 13.2 Å². The molecule has 98 valence electrons. The molecule has 5 nitrogen and oxygen atoms in total. The van der Waals surface area contributed by atoms with E-state index in [-0.39, 0.29) is 11.4 Å². The summed E-state index contributed by atoms with van der Waals surface area (Å²) in [4.78, 5) is 25.4. The van der Waals surface area contributed by atoms with E-state index in [0.717, 1.165) is 7.11 Å². The van der Waals surface area contributed by atoms with E-state index in [1.54, 1.807) is 0 Å². The van der Waals surface area contributed by atoms with Crippen LogP contribution in [0.1, 0.15) is 10.5 Å². The van der Waals surface area contributed by atoms with Crippen LogP contribution in [0.2, 0.25) is 0 Å². The predicted octanol–water partition coefficient (Wildman–Crippen LogP) is 1.38. The number of alkyl halides is 3. The van der Waals surface area contributed by atoms with Crippen LogP contribution in [0.15, 0.2) is 18.3 Å². The Hall–Kier alpha value is -2.12. The minimum absolute atomic E-state index is 0.248. The molecule has 0 aliphatic heterocycles. The summed E-state index contributed by atoms with van der Waals surface area (Å²) in [5.74, 6) is -3.17. The molecule has 0 fully saturated rings. The van der Waals surface area contributed by atoms with Crippen molar-refractivity contribution in [3.8, 4) is 5.75 Å². The van der Waals surface area contributed by atoms with E-state index in [1.165, 1.54) is 18.3 Å². The highest BCUT2D eigenvalue weighted by molar-refractivity contribution is 5.90. The Morgan fingerprint density at radius 3 is 2.61 bits per heavy atom. The fourth-order valence-corrected chi connectivity index (χ4v) is 0.982. The Morgan fingerprint density at radius 2 is 2.06 bits per heavy atom. The summed E-state index contributed by atoms with van der Waals surface area (Å²) >= 11 is 0. The van der Waals surface area contributed by atoms with Crippen molar-refractivity contribution in [3.05, 3.63) is 24.0 Å². The van der Waals surface area contributed by atoms with Crippen LogP contribution in [0.3, 0.4) is 0 Å². The molecule has 0 spiro atoms. The van der Waals surface area contributed by atoms with Gasteiger partial charge in [0.25, 0.3) is 5.78 Å². The van der Waals surface area contributed by atoms with Crippen molar-refractivity contribution in [2.45, 2.75) is 6.18 Å². The molecule has 0 bridgehead atoms. The zero-order valence-electron chi connectivity index (χ0n) is 9.15. The smallest absolute Gasteiger partial charge is 0.453 e. The maximum Gasteiger partial charge on any atom is 0.453 e. The molecule has 0 atom stereocenters. The van der Waals surface area contributed by atoms with E-state index in [9.17, 15) is 22.8 Å². The summed E-state index contributed by atoms with van der Waals surface area (Å²) in [7, 11) is 1.08. The number of ether oxygens (including phenoxy) is 2. The summed E-state index contributed by atoms with van der Waals surface area (Å²) in [5.41, 5.74) is -0.296. The number of methoxy groups -OCH3 is 1. The van der Waals surface area contributed by atoms with Crippen molar-refractivity contribution in [3.63, 3.8) is 0 Å². The van der Waals surface area contributed by atoms with Crippen LogP contribution in [0.25, 0.3) is 0 Å². The minimum Gasteiger partial charge on any atom is -0.483 e. The number of hydrogen-bond acceptors (Lipinski definition) is 5. The van der Waals surface area contributed by atoms with E-state index in [0.29, 0.717) is 0 Å². The molecule has 0 N–H and O–H groups in total. The van der Waals surface area contributed by atoms with Crippen molar-refractivity contribution < 1.29 is 32.2 Å². The number of hydrogen-bond donors (Lipinski definition) is 0. The fraction of sp³-hybridized carbons (Fsp3) is 0.300. The van der Waals surface area contributed by atoms with Crippen molar-refractivity contribution in [2.75, 3.05) is 13.7 Å². The molecule has 1 aromatic rings. The van der Waals surface area contributed by atoms with Crippen molar-refractivity contribution in [2.24, 2.45) is 0 Å². The van der Waals surface area contributed by atoms with Gasteiger partial charge in [-0.1, -0.05) is 0 Å². The lowest BCUT2D eigenvalue weighted by molar-refractivity contribution is -0.173. The maximum atomic E-state index is 11.9. The summed E-state index contributed by atoms with van der Waals surface area (Å²) in [6, 6.07) is 2.56. The molecule has 1 heterocycles. The van der Waals surface area contributed by atoms with Gasteiger partial charge in [-0.3, -0.25) is 4.79 Å². The summed E-state index contributed by atoms with van der Waals surface area (Å²) < 4.78 is 44.8. The second-order valence-corrected chi connectivity index (χ2v) is 3.05. The Bertz CT molecular complexity index is 459. The Kier molecular flexibility index (Phi) is 4.24. The van der Waals surface area contributed by atoms with Gasteiger partial charge in [0.15, 0.2) is 18.1 Å². The molecule has 1 aromatic heterocycles. The second kappa shape index (κ2) is 5.48. The van der Waals surface area contributed by atoms with Gasteiger partial charge in [0, 0.05) is 6.20 Å². The first-order valence-electron chi connectivity index (χ1n) is 4.62. The normalized spacial score (nSPS) is 10.9. The highest BCUT2D eigenvalue weighted by Gasteiger charge is 2.38. The molecule has 0 aliphatic rings. The van der Waals surface area contributed by atoms with E-state index < -0.39 is 24.5 Å². The van der Waals surface area contributed by atoms with E-state index >= 15 is 0 Å². The van der Waals surface area contributed by atoms with Crippen LogP contribution < -0.4 is 4.74 Å². The average molecular weight is 263 g/mol. The lowest BCUT2D eigenvalue weighted by Gasteiger charge is -2.09. The van der Waals surface area contributed by atoms with E-state index in [4.69, 9.17) is 0 Å². The molecule has 0 saturated carbocycles. The molecular formula is C10H8F3NO4. The number of nitrogens with zero attached hydrogens (tertiary/aromatic N) is 1. The number of carbonyl (C=O) groups excluding carboxylic acids is 2. The molecular weight excluding hydrogens is 255 g/mol. The zero-order valence-corrected chi connectivity index (χ0v) is 9.15. The monoisotopic (exact) mass is 263 g/mol. The predicted molar refractivity (Wildman–Crippen MR) is 52.1 cm³/mol. The number of pyridine rings is 1. The molecule has 8 heteroatoms. The summed E-state index contributed by atoms with van der Waals surface area (Å²) in [6.07, 6.45) is -3.74. The topological polar surface area (TPSA) is 65.5 Å². The van der Waals surface area contributed by atoms with Crippen LogP contribution >= 0.6 is 0 Å². The average Bonchev–Trinajstić information content (AvgIpc) is 2.34. The molecule has 18 heavy (non-hydrogen) atoms. The first-order chi connectivity index (χ1) is 8.36. The number of Topliss-reactive ketones (excluding diaryl/α,β-unsaturated/α-hetero) is 1. The maximum absolute atomic E-state index is 11.9. The quantitative estimate of drug-likeness (QED) is 0.768. The van der Waals surface area contributed by atoms with Crippen LogP contribution in [-0.2, 0) is 9.53 Å². The molecule has 0 aliphatic carbocycles. The summed E-state index contributed by atoms with van der Waals surface area (Å²) in [5, 5.41) is 0. The standard InChI is InChI=1S/C10H8F3NO4/c1-17-9(16)8-6(3-2-4-14-8)18-5-7(15)10(11,12)13/h2-4H,5H2,1H3. The summed E-state index contributed by atoms with van der Waals surface area (Å²) in [6.45, 7) is -1.22. The lowest BCUT2D eigenvalue weighted by Crippen LogP contribution is -2.28. The zero-order chi connectivity index (χ0) is 13.8. The van der Waals surface area contributed by atoms with Crippen LogP contribution in [0.5, 0.6) is 5.75 Å². The largest absolute Gasteiger partial charge is 0.483 e. The molecule has 1 rings (SSSR count). The van der Waals surface area contributed by atoms with E-state index in [1.807, 2.05) is 0 Å². The molecule has 0 unspecified atom stereocenters. The molecule has 0 aromatic carbocycles. The van der Waals surface area contributed by atoms with Crippen LogP contribution in [-0.4, -0.2) is 36.6 Å². The van der Waals surface area contributed by atoms with Gasteiger partial charge in [-0.05, 0) is 12.1 Å². The second-order valence-electron chi connectivity index (χ2n) is 3.05. The van der Waals surface area contributed by atoms with E-state index in [2.05, 4.69) is 14.5 Å². The van der Waals surface area contributed by atoms with Crippen molar-refractivity contribution >= 4 is 11.8 Å². The van der Waals surface area contributed by atoms with Crippen molar-refractivity contribution in [1.82, 2.24) is 4.98 Å². The van der Waals surface area contributed by atoms with Gasteiger partial charge < -0.3 is 9.47 Å². The molecule has 0 radical (unpaired) electrons. The number of aromatic nitrogens is 1. The fourth-order valence-electron chi connectivity index (χ4n) is 0.982. The van der Waals surface area contributed by atoms with Gasteiger partial charge in [0.2, 0.25) is 0 Å². The van der Waals surface area contributed by atoms with Crippen molar-refractivity contribution in [1.29, 1.82) is 0 Å². The highest BCUT2D eigenvalue weighted by atomic mass is 19.4. The van der Waals surface area contributed by atoms with Gasteiger partial charge in [-0.15, -0.1) is 0 Å². The molecule has 0 amide bonds. The molecule has 0 saturated heterocycles. The highest BCUT2D eigenvalue weighted by Crippen LogP contribution is 2.19. The van der Waals surface area contributed by atoms with Gasteiger partial charge >= 0.3 is 12.1 Å². The van der Waals surface area contributed by atoms with Crippen LogP contribution in [0, 0.1) is 0 Å². The number of carbonyl (C=O) groups is 2. The Labute approximate surface area is 99.5 Å². The number of rotatable bonds is 4. The number of ketones is 1. The minimum atomic E-state index is -4.98. The lowest BCUT2D eigenvalue weighted by atomic mass is 10.3. The first-order valence-corrected chi connectivity index (χ1v) is 4.62. The number of esters is 1. The Morgan fingerprint density at radius 1 is 1.39 bits per heavy atom. The first kappa shape index (κ1) is 13.9. The Balaban J connectivity index is 2.80. The van der Waals surface area contributed by atoms with Gasteiger partial charge in [-0.25, -0.2) is 9.78 Å². The number of halogens is 3. The van der Waals surface area contributed by atoms with Gasteiger partial charge in [-0.2, -0.15) is 13.2 Å². The van der Waals surface area contributed by atoms with Gasteiger partial charge in [0.05, 0.1) is 7.11 Å². The SMILES string of the molecule is COC(=O)c1ncccc1OCC(=O)C(F)(F)F. The third-order valence-corrected chi connectivity index (χ3v) is 1.82. The third kappa shape index (κ3) is 3.44.